The summed E-state index contributed by atoms with van der Waals surface area (Å²) in [5, 5.41) is 3.41. The number of hydrogen-bond donors (Lipinski definition) is 1. The zero-order chi connectivity index (χ0) is 17.8. The number of aryl methyl sites for hydroxylation is 1. The summed E-state index contributed by atoms with van der Waals surface area (Å²) in [5.41, 5.74) is 2.54. The fraction of sp³-hybridized carbons (Fsp3) is 0.450. The number of carbonyl (C=O) groups is 1. The molecule has 1 aromatic heterocycles. The van der Waals surface area contributed by atoms with Crippen molar-refractivity contribution in [2.24, 2.45) is 5.92 Å². The molecule has 1 fully saturated rings. The average Bonchev–Trinajstić information content (AvgIpc) is 2.57. The zero-order valence-electron chi connectivity index (χ0n) is 15.1. The van der Waals surface area contributed by atoms with Crippen molar-refractivity contribution < 1.29 is 9.53 Å². The van der Waals surface area contributed by atoms with E-state index in [9.17, 15) is 4.79 Å². The molecule has 1 aliphatic rings. The van der Waals surface area contributed by atoms with Gasteiger partial charge in [0.05, 0.1) is 6.61 Å². The lowest BCUT2D eigenvalue weighted by atomic mass is 9.71. The summed E-state index contributed by atoms with van der Waals surface area (Å²) in [7, 11) is 0. The number of anilines is 1. The van der Waals surface area contributed by atoms with E-state index in [4.69, 9.17) is 4.74 Å². The number of esters is 1. The Balaban J connectivity index is 1.60. The van der Waals surface area contributed by atoms with Crippen molar-refractivity contribution in [3.8, 4) is 0 Å². The van der Waals surface area contributed by atoms with Gasteiger partial charge in [0, 0.05) is 12.1 Å². The fourth-order valence-corrected chi connectivity index (χ4v) is 3.34. The quantitative estimate of drug-likeness (QED) is 0.809. The number of benzene rings is 1. The lowest BCUT2D eigenvalue weighted by molar-refractivity contribution is 0.0518. The van der Waals surface area contributed by atoms with Gasteiger partial charge in [0.1, 0.15) is 11.6 Å². The minimum absolute atomic E-state index is 0.340. The highest BCUT2D eigenvalue weighted by atomic mass is 16.5. The second-order valence-corrected chi connectivity index (χ2v) is 6.64. The van der Waals surface area contributed by atoms with Crippen molar-refractivity contribution in [3.05, 3.63) is 53.0 Å². The highest BCUT2D eigenvalue weighted by Crippen LogP contribution is 2.41. The second-order valence-electron chi connectivity index (χ2n) is 6.64. The molecule has 132 valence electrons. The van der Waals surface area contributed by atoms with Gasteiger partial charge in [-0.2, -0.15) is 0 Å². The van der Waals surface area contributed by atoms with E-state index in [1.54, 1.807) is 13.8 Å². The van der Waals surface area contributed by atoms with Gasteiger partial charge in [-0.3, -0.25) is 0 Å². The maximum atomic E-state index is 12.0. The Bertz CT molecular complexity index is 740. The minimum atomic E-state index is -0.388. The minimum Gasteiger partial charge on any atom is -0.461 e. The predicted octanol–water partition coefficient (Wildman–Crippen LogP) is 3.88. The van der Waals surface area contributed by atoms with Gasteiger partial charge in [0.2, 0.25) is 0 Å². The van der Waals surface area contributed by atoms with E-state index in [0.29, 0.717) is 30.0 Å². The molecule has 3 rings (SSSR count). The topological polar surface area (TPSA) is 64.1 Å². The Kier molecular flexibility index (Phi) is 5.31. The van der Waals surface area contributed by atoms with E-state index in [1.165, 1.54) is 18.4 Å². The Morgan fingerprint density at radius 2 is 1.92 bits per heavy atom. The van der Waals surface area contributed by atoms with E-state index in [0.717, 1.165) is 17.9 Å². The van der Waals surface area contributed by atoms with Gasteiger partial charge in [-0.25, -0.2) is 14.8 Å². The van der Waals surface area contributed by atoms with Crippen molar-refractivity contribution in [1.82, 2.24) is 9.97 Å². The van der Waals surface area contributed by atoms with E-state index >= 15 is 0 Å². The molecule has 0 unspecified atom stereocenters. The normalized spacial score (nSPS) is 19.2. The van der Waals surface area contributed by atoms with Gasteiger partial charge in [-0.1, -0.05) is 30.3 Å². The molecular formula is C20H25N3O2. The average molecular weight is 339 g/mol. The third-order valence-electron chi connectivity index (χ3n) is 4.79. The van der Waals surface area contributed by atoms with Crippen molar-refractivity contribution in [2.75, 3.05) is 18.5 Å². The lowest BCUT2D eigenvalue weighted by Gasteiger charge is -2.36. The molecule has 1 heterocycles. The van der Waals surface area contributed by atoms with Crippen LogP contribution in [0.4, 0.5) is 5.82 Å². The van der Waals surface area contributed by atoms with Crippen molar-refractivity contribution in [3.63, 3.8) is 0 Å². The van der Waals surface area contributed by atoms with Crippen molar-refractivity contribution in [2.45, 2.75) is 39.5 Å². The van der Waals surface area contributed by atoms with Crippen LogP contribution in [0.1, 0.15) is 53.1 Å². The molecule has 1 aliphatic carbocycles. The molecule has 25 heavy (non-hydrogen) atoms. The zero-order valence-corrected chi connectivity index (χ0v) is 15.1. The molecular weight excluding hydrogens is 314 g/mol. The molecule has 0 radical (unpaired) electrons. The van der Waals surface area contributed by atoms with Gasteiger partial charge in [0.15, 0.2) is 5.69 Å². The van der Waals surface area contributed by atoms with Gasteiger partial charge in [-0.05, 0) is 51.0 Å². The molecule has 0 spiro atoms. The Morgan fingerprint density at radius 1 is 1.20 bits per heavy atom. The summed E-state index contributed by atoms with van der Waals surface area (Å²) < 4.78 is 5.08. The van der Waals surface area contributed by atoms with Crippen LogP contribution >= 0.6 is 0 Å². The molecule has 0 aliphatic heterocycles. The van der Waals surface area contributed by atoms with E-state index in [-0.39, 0.29) is 5.97 Å². The molecule has 0 atom stereocenters. The number of hydrogen-bond acceptors (Lipinski definition) is 5. The molecule has 0 saturated heterocycles. The number of aromatic nitrogens is 2. The van der Waals surface area contributed by atoms with Gasteiger partial charge in [0.25, 0.3) is 0 Å². The Morgan fingerprint density at radius 3 is 2.60 bits per heavy atom. The SMILES string of the molecule is CCOC(=O)c1nc(C)nc(NC[C@H]2C[C@@H](c3ccccc3)C2)c1C. The van der Waals surface area contributed by atoms with Crippen LogP contribution in [0.2, 0.25) is 0 Å². The van der Waals surface area contributed by atoms with Crippen LogP contribution in [0.5, 0.6) is 0 Å². The first-order valence-electron chi connectivity index (χ1n) is 8.89. The fourth-order valence-electron chi connectivity index (χ4n) is 3.34. The van der Waals surface area contributed by atoms with Crippen LogP contribution < -0.4 is 5.32 Å². The molecule has 1 saturated carbocycles. The smallest absolute Gasteiger partial charge is 0.357 e. The van der Waals surface area contributed by atoms with E-state index in [1.807, 2.05) is 6.92 Å². The highest BCUT2D eigenvalue weighted by Gasteiger charge is 2.30. The molecule has 0 bridgehead atoms. The second kappa shape index (κ2) is 7.64. The molecule has 1 aromatic carbocycles. The number of rotatable bonds is 6. The number of carbonyl (C=O) groups excluding carboxylic acids is 1. The maximum Gasteiger partial charge on any atom is 0.357 e. The van der Waals surface area contributed by atoms with Crippen LogP contribution in [0.15, 0.2) is 30.3 Å². The first-order valence-corrected chi connectivity index (χ1v) is 8.89. The lowest BCUT2D eigenvalue weighted by Crippen LogP contribution is -2.28. The summed E-state index contributed by atoms with van der Waals surface area (Å²) in [6, 6.07) is 10.7. The highest BCUT2D eigenvalue weighted by molar-refractivity contribution is 5.90. The first kappa shape index (κ1) is 17.4. The predicted molar refractivity (Wildman–Crippen MR) is 97.9 cm³/mol. The summed E-state index contributed by atoms with van der Waals surface area (Å²) in [6.07, 6.45) is 2.37. The molecule has 5 heteroatoms. The van der Waals surface area contributed by atoms with Crippen molar-refractivity contribution >= 4 is 11.8 Å². The Labute approximate surface area is 148 Å². The summed E-state index contributed by atoms with van der Waals surface area (Å²) in [5.74, 6) is 2.22. The number of nitrogens with one attached hydrogen (secondary N) is 1. The van der Waals surface area contributed by atoms with Gasteiger partial charge < -0.3 is 10.1 Å². The van der Waals surface area contributed by atoms with E-state index in [2.05, 4.69) is 45.6 Å². The third kappa shape index (κ3) is 3.98. The maximum absolute atomic E-state index is 12.0. The summed E-state index contributed by atoms with van der Waals surface area (Å²) >= 11 is 0. The third-order valence-corrected chi connectivity index (χ3v) is 4.79. The van der Waals surface area contributed by atoms with Crippen LogP contribution in [0.25, 0.3) is 0 Å². The summed E-state index contributed by atoms with van der Waals surface area (Å²) in [4.78, 5) is 20.7. The van der Waals surface area contributed by atoms with Crippen LogP contribution in [-0.4, -0.2) is 29.1 Å². The molecule has 5 nitrogen and oxygen atoms in total. The molecule has 0 amide bonds. The number of ether oxygens (including phenoxy) is 1. The van der Waals surface area contributed by atoms with Gasteiger partial charge >= 0.3 is 5.97 Å². The largest absolute Gasteiger partial charge is 0.461 e. The standard InChI is InChI=1S/C20H25N3O2/c1-4-25-20(24)18-13(2)19(23-14(3)22-18)21-12-15-10-17(11-15)16-8-6-5-7-9-16/h5-9,15,17H,4,10-12H2,1-3H3,(H,21,22,23)/t15-,17+. The van der Waals surface area contributed by atoms with Crippen LogP contribution in [0, 0.1) is 19.8 Å². The van der Waals surface area contributed by atoms with Gasteiger partial charge in [-0.15, -0.1) is 0 Å². The van der Waals surface area contributed by atoms with Crippen LogP contribution in [0.3, 0.4) is 0 Å². The van der Waals surface area contributed by atoms with E-state index < -0.39 is 0 Å². The molecule has 1 N–H and O–H groups in total. The van der Waals surface area contributed by atoms with Crippen LogP contribution in [-0.2, 0) is 4.74 Å². The molecule has 2 aromatic rings. The Hall–Kier alpha value is -2.43. The number of nitrogens with zero attached hydrogens (tertiary/aromatic N) is 2. The van der Waals surface area contributed by atoms with Crippen molar-refractivity contribution in [1.29, 1.82) is 0 Å². The monoisotopic (exact) mass is 339 g/mol. The summed E-state index contributed by atoms with van der Waals surface area (Å²) in [6.45, 7) is 6.65. The first-order chi connectivity index (χ1) is 12.1.